The van der Waals surface area contributed by atoms with Crippen molar-refractivity contribution in [2.24, 2.45) is 0 Å². The van der Waals surface area contributed by atoms with Crippen molar-refractivity contribution in [2.75, 3.05) is 0 Å². The Labute approximate surface area is 129 Å². The SMILES string of the molecule is CCCCC(=O)/C=C/CCCCCCCCCCC(=O)O. The number of hydrogen-bond donors (Lipinski definition) is 1. The van der Waals surface area contributed by atoms with Crippen molar-refractivity contribution in [2.45, 2.75) is 90.4 Å². The lowest BCUT2D eigenvalue weighted by molar-refractivity contribution is -0.137. The Balaban J connectivity index is 3.20. The molecule has 0 amide bonds. The summed E-state index contributed by atoms with van der Waals surface area (Å²) >= 11 is 0. The lowest BCUT2D eigenvalue weighted by Crippen LogP contribution is -1.93. The van der Waals surface area contributed by atoms with Crippen LogP contribution in [-0.2, 0) is 9.59 Å². The highest BCUT2D eigenvalue weighted by atomic mass is 16.4. The van der Waals surface area contributed by atoms with Gasteiger partial charge in [-0.15, -0.1) is 0 Å². The summed E-state index contributed by atoms with van der Waals surface area (Å²) < 4.78 is 0. The van der Waals surface area contributed by atoms with E-state index in [1.54, 1.807) is 6.08 Å². The van der Waals surface area contributed by atoms with E-state index in [-0.39, 0.29) is 5.78 Å². The summed E-state index contributed by atoms with van der Waals surface area (Å²) in [6.45, 7) is 2.10. The van der Waals surface area contributed by atoms with Crippen LogP contribution < -0.4 is 0 Å². The van der Waals surface area contributed by atoms with Gasteiger partial charge in [0.1, 0.15) is 0 Å². The number of ketones is 1. The number of unbranched alkanes of at least 4 members (excludes halogenated alkanes) is 9. The zero-order chi connectivity index (χ0) is 15.8. The van der Waals surface area contributed by atoms with Gasteiger partial charge in [0.05, 0.1) is 0 Å². The minimum absolute atomic E-state index is 0.262. The van der Waals surface area contributed by atoms with Gasteiger partial charge in [-0.1, -0.05) is 57.9 Å². The lowest BCUT2D eigenvalue weighted by Gasteiger charge is -2.00. The summed E-state index contributed by atoms with van der Waals surface area (Å²) in [6, 6.07) is 0. The zero-order valence-corrected chi connectivity index (χ0v) is 13.6. The summed E-state index contributed by atoms with van der Waals surface area (Å²) in [5, 5.41) is 8.51. The molecule has 0 bridgehead atoms. The van der Waals surface area contributed by atoms with Gasteiger partial charge in [0, 0.05) is 12.8 Å². The predicted molar refractivity (Wildman–Crippen MR) is 87.5 cm³/mol. The van der Waals surface area contributed by atoms with Crippen LogP contribution >= 0.6 is 0 Å². The highest BCUT2D eigenvalue weighted by Gasteiger charge is 1.97. The molecule has 0 unspecified atom stereocenters. The normalized spacial score (nSPS) is 11.1. The van der Waals surface area contributed by atoms with Crippen LogP contribution in [0, 0.1) is 0 Å². The number of carbonyl (C=O) groups is 2. The second kappa shape index (κ2) is 15.3. The summed E-state index contributed by atoms with van der Waals surface area (Å²) in [5.74, 6) is -0.422. The van der Waals surface area contributed by atoms with E-state index in [0.717, 1.165) is 44.9 Å². The topological polar surface area (TPSA) is 54.4 Å². The molecule has 0 aliphatic carbocycles. The molecule has 0 aromatic carbocycles. The van der Waals surface area contributed by atoms with Crippen LogP contribution in [0.3, 0.4) is 0 Å². The van der Waals surface area contributed by atoms with E-state index in [1.165, 1.54) is 25.7 Å². The van der Waals surface area contributed by atoms with Gasteiger partial charge in [0.2, 0.25) is 0 Å². The molecule has 0 aliphatic rings. The van der Waals surface area contributed by atoms with Gasteiger partial charge in [-0.3, -0.25) is 9.59 Å². The fraction of sp³-hybridized carbons (Fsp3) is 0.778. The molecular formula is C18H32O3. The molecule has 0 fully saturated rings. The van der Waals surface area contributed by atoms with Crippen molar-refractivity contribution < 1.29 is 14.7 Å². The van der Waals surface area contributed by atoms with Crippen molar-refractivity contribution in [3.05, 3.63) is 12.2 Å². The first-order valence-electron chi connectivity index (χ1n) is 8.58. The van der Waals surface area contributed by atoms with Crippen LogP contribution in [0.1, 0.15) is 90.4 Å². The Morgan fingerprint density at radius 1 is 0.810 bits per heavy atom. The minimum Gasteiger partial charge on any atom is -0.481 e. The monoisotopic (exact) mass is 296 g/mol. The lowest BCUT2D eigenvalue weighted by atomic mass is 10.1. The van der Waals surface area contributed by atoms with Crippen molar-refractivity contribution in [1.29, 1.82) is 0 Å². The quantitative estimate of drug-likeness (QED) is 0.330. The van der Waals surface area contributed by atoms with E-state index < -0.39 is 5.97 Å². The van der Waals surface area contributed by atoms with Gasteiger partial charge in [-0.25, -0.2) is 0 Å². The van der Waals surface area contributed by atoms with Crippen LogP contribution in [0.2, 0.25) is 0 Å². The Kier molecular flexibility index (Phi) is 14.5. The van der Waals surface area contributed by atoms with Gasteiger partial charge >= 0.3 is 5.97 Å². The maximum absolute atomic E-state index is 11.4. The largest absolute Gasteiger partial charge is 0.481 e. The fourth-order valence-electron chi connectivity index (χ4n) is 2.25. The van der Waals surface area contributed by atoms with E-state index in [9.17, 15) is 9.59 Å². The first kappa shape index (κ1) is 19.9. The Hall–Kier alpha value is -1.12. The molecular weight excluding hydrogens is 264 g/mol. The average molecular weight is 296 g/mol. The van der Waals surface area contributed by atoms with E-state index in [0.29, 0.717) is 12.8 Å². The zero-order valence-electron chi connectivity index (χ0n) is 13.6. The molecule has 21 heavy (non-hydrogen) atoms. The average Bonchev–Trinajstić information content (AvgIpc) is 2.45. The molecule has 0 saturated carbocycles. The van der Waals surface area contributed by atoms with E-state index in [4.69, 9.17) is 5.11 Å². The molecule has 1 N–H and O–H groups in total. The molecule has 0 spiro atoms. The van der Waals surface area contributed by atoms with Crippen LogP contribution in [0.4, 0.5) is 0 Å². The minimum atomic E-state index is -0.684. The van der Waals surface area contributed by atoms with Crippen LogP contribution in [-0.4, -0.2) is 16.9 Å². The second-order valence-corrected chi connectivity index (χ2v) is 5.73. The maximum Gasteiger partial charge on any atom is 0.303 e. The van der Waals surface area contributed by atoms with Gasteiger partial charge < -0.3 is 5.11 Å². The van der Waals surface area contributed by atoms with Gasteiger partial charge in [0.25, 0.3) is 0 Å². The molecule has 0 aromatic rings. The number of carboxylic acids is 1. The summed E-state index contributed by atoms with van der Waals surface area (Å²) in [6.07, 6.45) is 16.9. The van der Waals surface area contributed by atoms with E-state index in [2.05, 4.69) is 6.92 Å². The van der Waals surface area contributed by atoms with Crippen LogP contribution in [0.25, 0.3) is 0 Å². The first-order valence-corrected chi connectivity index (χ1v) is 8.58. The van der Waals surface area contributed by atoms with Crippen LogP contribution in [0.5, 0.6) is 0 Å². The number of hydrogen-bond acceptors (Lipinski definition) is 2. The van der Waals surface area contributed by atoms with E-state index in [1.807, 2.05) is 6.08 Å². The molecule has 0 saturated heterocycles. The molecule has 0 aromatic heterocycles. The molecule has 0 radical (unpaired) electrons. The number of aliphatic carboxylic acids is 1. The van der Waals surface area contributed by atoms with E-state index >= 15 is 0 Å². The molecule has 0 rings (SSSR count). The molecule has 0 aliphatic heterocycles. The number of carboxylic acid groups (broad SMARTS) is 1. The number of allylic oxidation sites excluding steroid dienone is 2. The predicted octanol–water partition coefficient (Wildman–Crippen LogP) is 5.29. The smallest absolute Gasteiger partial charge is 0.303 e. The molecule has 0 heterocycles. The van der Waals surface area contributed by atoms with Crippen molar-refractivity contribution >= 4 is 11.8 Å². The molecule has 122 valence electrons. The van der Waals surface area contributed by atoms with Crippen LogP contribution in [0.15, 0.2) is 12.2 Å². The van der Waals surface area contributed by atoms with Crippen molar-refractivity contribution in [3.8, 4) is 0 Å². The Morgan fingerprint density at radius 3 is 1.95 bits per heavy atom. The fourth-order valence-corrected chi connectivity index (χ4v) is 2.25. The Morgan fingerprint density at radius 2 is 1.38 bits per heavy atom. The van der Waals surface area contributed by atoms with Crippen molar-refractivity contribution in [1.82, 2.24) is 0 Å². The van der Waals surface area contributed by atoms with Gasteiger partial charge in [-0.2, -0.15) is 0 Å². The van der Waals surface area contributed by atoms with Crippen molar-refractivity contribution in [3.63, 3.8) is 0 Å². The number of carbonyl (C=O) groups excluding carboxylic acids is 1. The third-order valence-electron chi connectivity index (χ3n) is 3.59. The summed E-state index contributed by atoms with van der Waals surface area (Å²) in [7, 11) is 0. The second-order valence-electron chi connectivity index (χ2n) is 5.73. The Bertz CT molecular complexity index is 295. The molecule has 0 atom stereocenters. The molecule has 3 heteroatoms. The third-order valence-corrected chi connectivity index (χ3v) is 3.59. The highest BCUT2D eigenvalue weighted by Crippen LogP contribution is 2.11. The third kappa shape index (κ3) is 16.8. The molecule has 3 nitrogen and oxygen atoms in total. The standard InChI is InChI=1S/C18H32O3/c1-2-3-14-17(19)15-12-10-8-6-4-5-7-9-11-13-16-18(20)21/h12,15H,2-11,13-14,16H2,1H3,(H,20,21)/b15-12+. The summed E-state index contributed by atoms with van der Waals surface area (Å²) in [5.41, 5.74) is 0. The maximum atomic E-state index is 11.4. The first-order chi connectivity index (χ1) is 10.2. The highest BCUT2D eigenvalue weighted by molar-refractivity contribution is 5.89. The van der Waals surface area contributed by atoms with Gasteiger partial charge in [-0.05, 0) is 31.8 Å². The number of rotatable bonds is 15. The summed E-state index contributed by atoms with van der Waals surface area (Å²) in [4.78, 5) is 21.7. The van der Waals surface area contributed by atoms with Gasteiger partial charge in [0.15, 0.2) is 5.78 Å².